The van der Waals surface area contributed by atoms with Crippen LogP contribution in [0.2, 0.25) is 0 Å². The summed E-state index contributed by atoms with van der Waals surface area (Å²) < 4.78 is 44.6. The van der Waals surface area contributed by atoms with Gasteiger partial charge in [-0.3, -0.25) is 9.78 Å². The summed E-state index contributed by atoms with van der Waals surface area (Å²) in [4.78, 5) is 18.5. The molecule has 1 fully saturated rings. The Kier molecular flexibility index (Phi) is 7.42. The lowest BCUT2D eigenvalue weighted by molar-refractivity contribution is -0.152. The van der Waals surface area contributed by atoms with Gasteiger partial charge in [-0.05, 0) is 57.6 Å². The van der Waals surface area contributed by atoms with Gasteiger partial charge in [-0.15, -0.1) is 0 Å². The summed E-state index contributed by atoms with van der Waals surface area (Å²) in [5, 5.41) is 3.65. The molecule has 1 N–H and O–H groups in total. The number of rotatable bonds is 7. The van der Waals surface area contributed by atoms with Crippen molar-refractivity contribution >= 4 is 5.97 Å². The molecule has 3 rings (SSSR count). The van der Waals surface area contributed by atoms with Gasteiger partial charge in [0.1, 0.15) is 0 Å². The van der Waals surface area contributed by atoms with Gasteiger partial charge in [-0.1, -0.05) is 20.4 Å². The molecule has 0 aromatic carbocycles. The van der Waals surface area contributed by atoms with Crippen LogP contribution in [0.4, 0.5) is 13.2 Å². The molecule has 1 aromatic rings. The zero-order chi connectivity index (χ0) is 25.5. The van der Waals surface area contributed by atoms with Gasteiger partial charge in [0.2, 0.25) is 0 Å². The van der Waals surface area contributed by atoms with E-state index in [4.69, 9.17) is 4.74 Å². The SMILES string of the molecule is C=C(N1CCc2ncc(C(F)(F)F)cc2C1)[C@@]1(C(C)C)CC[C@@H](N[C@@H](C)C(C)(C)C(=O)OC)C1. The Morgan fingerprint density at radius 2 is 2.00 bits per heavy atom. The third-order valence-corrected chi connectivity index (χ3v) is 8.26. The molecule has 190 valence electrons. The molecule has 1 aliphatic heterocycles. The second-order valence-electron chi connectivity index (χ2n) is 10.8. The molecule has 0 amide bonds. The highest BCUT2D eigenvalue weighted by atomic mass is 19.4. The fraction of sp³-hybridized carbons (Fsp3) is 0.692. The lowest BCUT2D eigenvalue weighted by Gasteiger charge is -2.44. The molecule has 0 radical (unpaired) electrons. The van der Waals surface area contributed by atoms with Crippen molar-refractivity contribution in [3.63, 3.8) is 0 Å². The average molecular weight is 482 g/mol. The third-order valence-electron chi connectivity index (χ3n) is 8.26. The molecule has 5 nitrogen and oxygen atoms in total. The number of allylic oxidation sites excluding steroid dienone is 1. The van der Waals surface area contributed by atoms with Gasteiger partial charge in [-0.25, -0.2) is 0 Å². The highest BCUT2D eigenvalue weighted by Gasteiger charge is 2.47. The van der Waals surface area contributed by atoms with Crippen LogP contribution in [-0.4, -0.2) is 41.6 Å². The summed E-state index contributed by atoms with van der Waals surface area (Å²) in [6.45, 7) is 15.7. The number of halogens is 3. The lowest BCUT2D eigenvalue weighted by Crippen LogP contribution is -2.49. The standard InChI is InChI=1S/C26H38F3N3O2/c1-16(2)25(10-8-21(13-25)31-17(3)24(5,6)23(33)34-7)18(4)32-11-9-22-19(15-32)12-20(14-30-22)26(27,28)29/h12,14,16-17,21,31H,4,8-11,13,15H2,1-3,5-7H3/t17-,21+,25-/m0/s1. The van der Waals surface area contributed by atoms with Crippen LogP contribution in [0.3, 0.4) is 0 Å². The van der Waals surface area contributed by atoms with E-state index in [0.717, 1.165) is 36.9 Å². The van der Waals surface area contributed by atoms with Crippen molar-refractivity contribution in [1.29, 1.82) is 0 Å². The highest BCUT2D eigenvalue weighted by Crippen LogP contribution is 2.51. The van der Waals surface area contributed by atoms with E-state index in [9.17, 15) is 18.0 Å². The predicted octanol–water partition coefficient (Wildman–Crippen LogP) is 5.34. The monoisotopic (exact) mass is 481 g/mol. The smallest absolute Gasteiger partial charge is 0.417 e. The number of methoxy groups -OCH3 is 1. The largest absolute Gasteiger partial charge is 0.469 e. The first-order valence-electron chi connectivity index (χ1n) is 12.1. The van der Waals surface area contributed by atoms with E-state index in [2.05, 4.69) is 35.6 Å². The number of aromatic nitrogens is 1. The van der Waals surface area contributed by atoms with Gasteiger partial charge < -0.3 is 15.0 Å². The lowest BCUT2D eigenvalue weighted by atomic mass is 9.72. The molecular formula is C26H38F3N3O2. The minimum atomic E-state index is -4.40. The second-order valence-corrected chi connectivity index (χ2v) is 10.8. The van der Waals surface area contributed by atoms with Crippen LogP contribution in [0.15, 0.2) is 24.5 Å². The number of carbonyl (C=O) groups excluding carboxylic acids is 1. The number of ether oxygens (including phenoxy) is 1. The summed E-state index contributed by atoms with van der Waals surface area (Å²) in [5.41, 5.74) is 0.843. The van der Waals surface area contributed by atoms with E-state index in [1.165, 1.54) is 13.2 Å². The molecule has 0 unspecified atom stereocenters. The maximum atomic E-state index is 13.2. The Labute approximate surface area is 201 Å². The first kappa shape index (κ1) is 26.5. The second kappa shape index (κ2) is 9.51. The molecule has 0 bridgehead atoms. The van der Waals surface area contributed by atoms with Crippen LogP contribution in [-0.2, 0) is 28.7 Å². The Bertz CT molecular complexity index is 928. The normalized spacial score (nSPS) is 24.2. The predicted molar refractivity (Wildman–Crippen MR) is 126 cm³/mol. The minimum absolute atomic E-state index is 0.0742. The third kappa shape index (κ3) is 4.97. The number of carbonyl (C=O) groups is 1. The van der Waals surface area contributed by atoms with Gasteiger partial charge in [0.15, 0.2) is 0 Å². The van der Waals surface area contributed by atoms with Crippen molar-refractivity contribution in [3.8, 4) is 0 Å². The molecule has 3 atom stereocenters. The van der Waals surface area contributed by atoms with E-state index in [1.54, 1.807) is 0 Å². The Morgan fingerprint density at radius 3 is 2.59 bits per heavy atom. The summed E-state index contributed by atoms with van der Waals surface area (Å²) in [6, 6.07) is 1.38. The summed E-state index contributed by atoms with van der Waals surface area (Å²) in [6.07, 6.45) is -0.107. The number of nitrogens with zero attached hydrogens (tertiary/aromatic N) is 2. The van der Waals surface area contributed by atoms with Crippen molar-refractivity contribution in [3.05, 3.63) is 41.4 Å². The quantitative estimate of drug-likeness (QED) is 0.533. The Balaban J connectivity index is 1.76. The van der Waals surface area contributed by atoms with Gasteiger partial charge >= 0.3 is 12.1 Å². The van der Waals surface area contributed by atoms with Crippen molar-refractivity contribution in [2.75, 3.05) is 13.7 Å². The summed E-state index contributed by atoms with van der Waals surface area (Å²) in [7, 11) is 1.41. The molecule has 34 heavy (non-hydrogen) atoms. The van der Waals surface area contributed by atoms with E-state index >= 15 is 0 Å². The van der Waals surface area contributed by atoms with E-state index in [1.807, 2.05) is 20.8 Å². The van der Waals surface area contributed by atoms with E-state index in [0.29, 0.717) is 31.0 Å². The Hall–Kier alpha value is -2.09. The number of pyridine rings is 1. The molecule has 1 saturated carbocycles. The topological polar surface area (TPSA) is 54.5 Å². The molecule has 1 aliphatic carbocycles. The first-order chi connectivity index (χ1) is 15.7. The van der Waals surface area contributed by atoms with Gasteiger partial charge in [0.25, 0.3) is 0 Å². The zero-order valence-electron chi connectivity index (χ0n) is 21.2. The van der Waals surface area contributed by atoms with Gasteiger partial charge in [0, 0.05) is 54.6 Å². The van der Waals surface area contributed by atoms with Crippen LogP contribution in [0.5, 0.6) is 0 Å². The zero-order valence-corrected chi connectivity index (χ0v) is 21.2. The summed E-state index contributed by atoms with van der Waals surface area (Å²) >= 11 is 0. The van der Waals surface area contributed by atoms with Crippen LogP contribution in [0.1, 0.15) is 70.7 Å². The maximum absolute atomic E-state index is 13.2. The van der Waals surface area contributed by atoms with Crippen molar-refractivity contribution < 1.29 is 22.7 Å². The molecule has 2 heterocycles. The van der Waals surface area contributed by atoms with Crippen LogP contribution in [0, 0.1) is 16.7 Å². The minimum Gasteiger partial charge on any atom is -0.469 e. The fourth-order valence-corrected chi connectivity index (χ4v) is 5.47. The first-order valence-corrected chi connectivity index (χ1v) is 12.1. The van der Waals surface area contributed by atoms with Crippen molar-refractivity contribution in [1.82, 2.24) is 15.2 Å². The van der Waals surface area contributed by atoms with Gasteiger partial charge in [0.05, 0.1) is 18.1 Å². The number of hydrogen-bond acceptors (Lipinski definition) is 5. The molecular weight excluding hydrogens is 443 g/mol. The number of alkyl halides is 3. The maximum Gasteiger partial charge on any atom is 0.417 e. The Morgan fingerprint density at radius 1 is 1.32 bits per heavy atom. The number of hydrogen-bond donors (Lipinski definition) is 1. The van der Waals surface area contributed by atoms with Gasteiger partial charge in [-0.2, -0.15) is 13.2 Å². The number of esters is 1. The molecule has 2 aliphatic rings. The highest BCUT2D eigenvalue weighted by molar-refractivity contribution is 5.76. The molecule has 0 spiro atoms. The van der Waals surface area contributed by atoms with E-state index in [-0.39, 0.29) is 23.5 Å². The number of nitrogens with one attached hydrogen (secondary N) is 1. The van der Waals surface area contributed by atoms with E-state index < -0.39 is 17.2 Å². The average Bonchev–Trinajstić information content (AvgIpc) is 3.21. The fourth-order valence-electron chi connectivity index (χ4n) is 5.47. The van der Waals surface area contributed by atoms with Crippen LogP contribution >= 0.6 is 0 Å². The van der Waals surface area contributed by atoms with Crippen molar-refractivity contribution in [2.24, 2.45) is 16.7 Å². The molecule has 1 aromatic heterocycles. The molecule has 0 saturated heterocycles. The number of fused-ring (bicyclic) bond motifs is 1. The van der Waals surface area contributed by atoms with Crippen LogP contribution in [0.25, 0.3) is 0 Å². The van der Waals surface area contributed by atoms with Crippen molar-refractivity contribution in [2.45, 2.75) is 85.1 Å². The van der Waals surface area contributed by atoms with Crippen LogP contribution < -0.4 is 5.32 Å². The summed E-state index contributed by atoms with van der Waals surface area (Å²) in [5.74, 6) is 0.0700. The molecule has 8 heteroatoms.